The molecule has 8 heteroatoms. The molecule has 140 valence electrons. The summed E-state index contributed by atoms with van der Waals surface area (Å²) < 4.78 is 24.9. The average molecular weight is 386 g/mol. The van der Waals surface area contributed by atoms with Crippen LogP contribution in [-0.2, 0) is 9.47 Å². The van der Waals surface area contributed by atoms with Gasteiger partial charge in [0.25, 0.3) is 0 Å². The lowest BCUT2D eigenvalue weighted by atomic mass is 10.1. The molecule has 1 saturated heterocycles. The van der Waals surface area contributed by atoms with Crippen molar-refractivity contribution in [2.45, 2.75) is 18.4 Å². The fourth-order valence-corrected chi connectivity index (χ4v) is 3.20. The van der Waals surface area contributed by atoms with E-state index in [0.717, 1.165) is 11.3 Å². The van der Waals surface area contributed by atoms with Crippen molar-refractivity contribution in [3.8, 4) is 22.6 Å². The largest absolute Gasteiger partial charge is 0.346 e. The molecule has 0 radical (unpaired) electrons. The number of halogens is 1. The van der Waals surface area contributed by atoms with Crippen molar-refractivity contribution < 1.29 is 13.9 Å². The second-order valence-electron chi connectivity index (χ2n) is 6.38. The van der Waals surface area contributed by atoms with Crippen molar-refractivity contribution in [1.29, 1.82) is 0 Å². The van der Waals surface area contributed by atoms with Gasteiger partial charge >= 0.3 is 0 Å². The van der Waals surface area contributed by atoms with Gasteiger partial charge in [-0.05, 0) is 36.6 Å². The van der Waals surface area contributed by atoms with Gasteiger partial charge in [0, 0.05) is 17.7 Å². The highest BCUT2D eigenvalue weighted by Gasteiger charge is 2.26. The number of rotatable bonds is 4. The van der Waals surface area contributed by atoms with Crippen molar-refractivity contribution in [2.75, 3.05) is 19.5 Å². The molecule has 6 nitrogen and oxygen atoms in total. The van der Waals surface area contributed by atoms with Crippen LogP contribution >= 0.6 is 11.8 Å². The first-order chi connectivity index (χ1) is 13.1. The summed E-state index contributed by atoms with van der Waals surface area (Å²) in [7, 11) is 0. The van der Waals surface area contributed by atoms with E-state index < -0.39 is 6.29 Å². The lowest BCUT2D eigenvalue weighted by molar-refractivity contribution is -0.205. The minimum Gasteiger partial charge on any atom is -0.346 e. The predicted octanol–water partition coefficient (Wildman–Crippen LogP) is 4.08. The van der Waals surface area contributed by atoms with E-state index in [1.165, 1.54) is 23.9 Å². The molecule has 1 aliphatic rings. The fourth-order valence-electron chi connectivity index (χ4n) is 2.84. The van der Waals surface area contributed by atoms with Crippen molar-refractivity contribution in [3.05, 3.63) is 48.2 Å². The van der Waals surface area contributed by atoms with Crippen LogP contribution in [0.3, 0.4) is 0 Å². The van der Waals surface area contributed by atoms with Crippen LogP contribution < -0.4 is 0 Å². The van der Waals surface area contributed by atoms with Gasteiger partial charge in [-0.2, -0.15) is 0 Å². The van der Waals surface area contributed by atoms with Gasteiger partial charge in [0.2, 0.25) is 6.29 Å². The molecule has 2 aromatic heterocycles. The Bertz CT molecular complexity index is 924. The zero-order valence-corrected chi connectivity index (χ0v) is 15.8. The highest BCUT2D eigenvalue weighted by Crippen LogP contribution is 2.33. The SMILES string of the molecule is CSc1nccc(-c2[nH]c(C3OCC(C)CO3)nc2-c2ccc(F)cc2)n1. The minimum absolute atomic E-state index is 0.296. The van der Waals surface area contributed by atoms with Crippen LogP contribution in [0, 0.1) is 11.7 Å². The molecule has 1 aromatic carbocycles. The number of benzene rings is 1. The molecule has 0 bridgehead atoms. The van der Waals surface area contributed by atoms with Crippen LogP contribution in [0.25, 0.3) is 22.6 Å². The van der Waals surface area contributed by atoms with E-state index in [0.29, 0.717) is 41.5 Å². The molecule has 0 atom stereocenters. The van der Waals surface area contributed by atoms with Crippen LogP contribution in [-0.4, -0.2) is 39.4 Å². The van der Waals surface area contributed by atoms with E-state index in [4.69, 9.17) is 14.5 Å². The molecule has 0 spiro atoms. The predicted molar refractivity (Wildman–Crippen MR) is 101 cm³/mol. The zero-order valence-electron chi connectivity index (χ0n) is 15.0. The smallest absolute Gasteiger partial charge is 0.217 e. The molecular formula is C19H19FN4O2S. The summed E-state index contributed by atoms with van der Waals surface area (Å²) in [5.74, 6) is 0.620. The van der Waals surface area contributed by atoms with Gasteiger partial charge in [-0.3, -0.25) is 0 Å². The monoisotopic (exact) mass is 386 g/mol. The molecule has 0 unspecified atom stereocenters. The Hall–Kier alpha value is -2.29. The molecule has 3 aromatic rings. The van der Waals surface area contributed by atoms with Gasteiger partial charge in [0.15, 0.2) is 11.0 Å². The Morgan fingerprint density at radius 3 is 2.56 bits per heavy atom. The average Bonchev–Trinajstić information content (AvgIpc) is 3.14. The number of hydrogen-bond donors (Lipinski definition) is 1. The second kappa shape index (κ2) is 7.75. The van der Waals surface area contributed by atoms with E-state index >= 15 is 0 Å². The zero-order chi connectivity index (χ0) is 18.8. The molecule has 0 saturated carbocycles. The van der Waals surface area contributed by atoms with Crippen molar-refractivity contribution in [2.24, 2.45) is 5.92 Å². The maximum absolute atomic E-state index is 13.4. The summed E-state index contributed by atoms with van der Waals surface area (Å²) in [5.41, 5.74) is 2.88. The number of imidazole rings is 1. The molecule has 1 aliphatic heterocycles. The van der Waals surface area contributed by atoms with Crippen LogP contribution in [0.2, 0.25) is 0 Å². The number of nitrogens with one attached hydrogen (secondary N) is 1. The number of hydrogen-bond acceptors (Lipinski definition) is 6. The normalized spacial score (nSPS) is 20.0. The molecular weight excluding hydrogens is 367 g/mol. The van der Waals surface area contributed by atoms with Gasteiger partial charge in [-0.1, -0.05) is 18.7 Å². The highest BCUT2D eigenvalue weighted by molar-refractivity contribution is 7.98. The Kier molecular flexibility index (Phi) is 5.20. The fraction of sp³-hybridized carbons (Fsp3) is 0.316. The number of nitrogens with zero attached hydrogens (tertiary/aromatic N) is 3. The van der Waals surface area contributed by atoms with Gasteiger partial charge < -0.3 is 14.5 Å². The van der Waals surface area contributed by atoms with Gasteiger partial charge in [0.05, 0.1) is 30.3 Å². The lowest BCUT2D eigenvalue weighted by Crippen LogP contribution is -2.25. The highest BCUT2D eigenvalue weighted by atomic mass is 32.2. The third-order valence-corrected chi connectivity index (χ3v) is 4.76. The van der Waals surface area contributed by atoms with Crippen molar-refractivity contribution >= 4 is 11.8 Å². The molecule has 0 aliphatic carbocycles. The van der Waals surface area contributed by atoms with Crippen LogP contribution in [0.15, 0.2) is 41.7 Å². The number of H-pyrrole nitrogens is 1. The summed E-state index contributed by atoms with van der Waals surface area (Å²) in [6.07, 6.45) is 3.07. The maximum Gasteiger partial charge on any atom is 0.217 e. The first kappa shape index (κ1) is 18.1. The number of thioether (sulfide) groups is 1. The summed E-state index contributed by atoms with van der Waals surface area (Å²) in [6.45, 7) is 3.28. The Morgan fingerprint density at radius 1 is 1.11 bits per heavy atom. The molecule has 1 fully saturated rings. The third-order valence-electron chi connectivity index (χ3n) is 4.20. The van der Waals surface area contributed by atoms with Crippen LogP contribution in [0.5, 0.6) is 0 Å². The molecule has 27 heavy (non-hydrogen) atoms. The number of aromatic amines is 1. The van der Waals surface area contributed by atoms with Crippen LogP contribution in [0.1, 0.15) is 19.0 Å². The maximum atomic E-state index is 13.4. The number of ether oxygens (including phenoxy) is 2. The number of aromatic nitrogens is 4. The first-order valence-electron chi connectivity index (χ1n) is 8.60. The van der Waals surface area contributed by atoms with Gasteiger partial charge in [-0.25, -0.2) is 19.3 Å². The molecule has 1 N–H and O–H groups in total. The lowest BCUT2D eigenvalue weighted by Gasteiger charge is -2.25. The van der Waals surface area contributed by atoms with Crippen molar-refractivity contribution in [1.82, 2.24) is 19.9 Å². The third kappa shape index (κ3) is 3.87. The van der Waals surface area contributed by atoms with Crippen molar-refractivity contribution in [3.63, 3.8) is 0 Å². The van der Waals surface area contributed by atoms with Gasteiger partial charge in [0.1, 0.15) is 5.82 Å². The quantitative estimate of drug-likeness (QED) is 0.538. The Labute approximate surface area is 160 Å². The molecule has 4 rings (SSSR count). The summed E-state index contributed by atoms with van der Waals surface area (Å²) in [6, 6.07) is 8.03. The first-order valence-corrected chi connectivity index (χ1v) is 9.83. The topological polar surface area (TPSA) is 72.9 Å². The van der Waals surface area contributed by atoms with E-state index in [2.05, 4.69) is 21.9 Å². The summed E-state index contributed by atoms with van der Waals surface area (Å²) in [5, 5.41) is 0.660. The summed E-state index contributed by atoms with van der Waals surface area (Å²) in [4.78, 5) is 16.8. The molecule has 3 heterocycles. The Balaban J connectivity index is 1.78. The van der Waals surface area contributed by atoms with E-state index in [9.17, 15) is 4.39 Å². The standard InChI is InChI=1S/C19H19FN4O2S/c1-11-9-25-18(26-10-11)17-23-15(12-3-5-13(20)6-4-12)16(24-17)14-7-8-21-19(22-14)27-2/h3-8,11,18H,9-10H2,1-2H3,(H,23,24). The minimum atomic E-state index is -0.559. The molecule has 0 amide bonds. The van der Waals surface area contributed by atoms with E-state index in [1.54, 1.807) is 18.3 Å². The summed E-state index contributed by atoms with van der Waals surface area (Å²) >= 11 is 1.46. The van der Waals surface area contributed by atoms with Gasteiger partial charge in [-0.15, -0.1) is 0 Å². The van der Waals surface area contributed by atoms with Crippen LogP contribution in [0.4, 0.5) is 4.39 Å². The second-order valence-corrected chi connectivity index (χ2v) is 7.16. The van der Waals surface area contributed by atoms with E-state index in [-0.39, 0.29) is 5.82 Å². The Morgan fingerprint density at radius 2 is 1.85 bits per heavy atom. The van der Waals surface area contributed by atoms with E-state index in [1.807, 2.05) is 12.3 Å².